The fraction of sp³-hybridized carbons (Fsp3) is 0.778. The third kappa shape index (κ3) is 3.92. The summed E-state index contributed by atoms with van der Waals surface area (Å²) in [6, 6.07) is -0.743. The van der Waals surface area contributed by atoms with Crippen LogP contribution in [0.5, 0.6) is 0 Å². The molecular weight excluding hydrogens is 170 g/mol. The lowest BCUT2D eigenvalue weighted by Crippen LogP contribution is -2.44. The third-order valence-corrected chi connectivity index (χ3v) is 2.14. The van der Waals surface area contributed by atoms with Crippen LogP contribution in [-0.4, -0.2) is 23.0 Å². The van der Waals surface area contributed by atoms with Crippen molar-refractivity contribution in [3.63, 3.8) is 0 Å². The van der Waals surface area contributed by atoms with Gasteiger partial charge in [-0.05, 0) is 5.92 Å². The second-order valence-electron chi connectivity index (χ2n) is 3.09. The van der Waals surface area contributed by atoms with Gasteiger partial charge in [-0.1, -0.05) is 26.7 Å². The number of carbonyl (C=O) groups excluding carboxylic acids is 1. The molecule has 0 aliphatic heterocycles. The van der Waals surface area contributed by atoms with E-state index in [2.05, 4.69) is 5.32 Å². The predicted molar refractivity (Wildman–Crippen MR) is 49.3 cm³/mol. The first kappa shape index (κ1) is 11.9. The van der Waals surface area contributed by atoms with E-state index in [-0.39, 0.29) is 11.8 Å². The summed E-state index contributed by atoms with van der Waals surface area (Å²) < 4.78 is 0. The number of hydrogen-bond donors (Lipinski definition) is 2. The Morgan fingerprint density at radius 3 is 2.00 bits per heavy atom. The molecule has 0 aliphatic carbocycles. The number of nitrogens with one attached hydrogen (secondary N) is 1. The Bertz CT molecular complexity index is 187. The first-order chi connectivity index (χ1) is 6.02. The van der Waals surface area contributed by atoms with Crippen molar-refractivity contribution in [1.29, 1.82) is 0 Å². The predicted octanol–water partition coefficient (Wildman–Crippen LogP) is 1.01. The topological polar surface area (TPSA) is 66.4 Å². The molecule has 0 aromatic rings. The number of carboxylic acids is 1. The summed E-state index contributed by atoms with van der Waals surface area (Å²) in [4.78, 5) is 21.5. The van der Waals surface area contributed by atoms with E-state index in [1.807, 2.05) is 13.8 Å². The molecule has 0 heterocycles. The average Bonchev–Trinajstić information content (AvgIpc) is 2.04. The van der Waals surface area contributed by atoms with Crippen LogP contribution in [0.25, 0.3) is 0 Å². The molecule has 0 unspecified atom stereocenters. The quantitative estimate of drug-likeness (QED) is 0.675. The largest absolute Gasteiger partial charge is 0.480 e. The van der Waals surface area contributed by atoms with E-state index in [9.17, 15) is 9.59 Å². The van der Waals surface area contributed by atoms with Gasteiger partial charge in [0.25, 0.3) is 0 Å². The highest BCUT2D eigenvalue weighted by Crippen LogP contribution is 2.13. The van der Waals surface area contributed by atoms with E-state index in [1.165, 1.54) is 6.92 Å². The normalized spacial score (nSPS) is 12.6. The summed E-state index contributed by atoms with van der Waals surface area (Å²) in [5, 5.41) is 11.3. The van der Waals surface area contributed by atoms with Crippen molar-refractivity contribution in [3.05, 3.63) is 0 Å². The maximum atomic E-state index is 10.8. The lowest BCUT2D eigenvalue weighted by atomic mass is 9.94. The number of aliphatic carboxylic acids is 1. The van der Waals surface area contributed by atoms with Crippen LogP contribution < -0.4 is 5.32 Å². The Morgan fingerprint density at radius 2 is 1.77 bits per heavy atom. The Balaban J connectivity index is 4.38. The summed E-state index contributed by atoms with van der Waals surface area (Å²) >= 11 is 0. The Hall–Kier alpha value is -1.06. The standard InChI is InChI=1S/C9H17NO3/c1-4-7(5-2)8(9(12)13)10-6(3)11/h7-8H,4-5H2,1-3H3,(H,10,11)(H,12,13)/t8-/m0/s1. The van der Waals surface area contributed by atoms with Crippen molar-refractivity contribution < 1.29 is 14.7 Å². The molecule has 0 bridgehead atoms. The first-order valence-electron chi connectivity index (χ1n) is 4.52. The third-order valence-electron chi connectivity index (χ3n) is 2.14. The molecule has 0 aromatic carbocycles. The van der Waals surface area contributed by atoms with Crippen molar-refractivity contribution in [1.82, 2.24) is 5.32 Å². The summed E-state index contributed by atoms with van der Waals surface area (Å²) in [7, 11) is 0. The SMILES string of the molecule is CCC(CC)[C@H](NC(C)=O)C(=O)O. The van der Waals surface area contributed by atoms with Crippen molar-refractivity contribution in [3.8, 4) is 0 Å². The maximum Gasteiger partial charge on any atom is 0.326 e. The molecular formula is C9H17NO3. The second-order valence-corrected chi connectivity index (χ2v) is 3.09. The highest BCUT2D eigenvalue weighted by atomic mass is 16.4. The van der Waals surface area contributed by atoms with Crippen LogP contribution in [0.2, 0.25) is 0 Å². The highest BCUT2D eigenvalue weighted by molar-refractivity contribution is 5.82. The molecule has 4 heteroatoms. The van der Waals surface area contributed by atoms with Crippen LogP contribution in [0, 0.1) is 5.92 Å². The van der Waals surface area contributed by atoms with E-state index >= 15 is 0 Å². The molecule has 13 heavy (non-hydrogen) atoms. The fourth-order valence-corrected chi connectivity index (χ4v) is 1.36. The van der Waals surface area contributed by atoms with Gasteiger partial charge in [0.05, 0.1) is 0 Å². The molecule has 0 aliphatic rings. The lowest BCUT2D eigenvalue weighted by molar-refractivity contribution is -0.143. The van der Waals surface area contributed by atoms with Crippen LogP contribution in [0.1, 0.15) is 33.6 Å². The summed E-state index contributed by atoms with van der Waals surface area (Å²) in [6.45, 7) is 5.18. The van der Waals surface area contributed by atoms with Crippen molar-refractivity contribution in [2.45, 2.75) is 39.7 Å². The summed E-state index contributed by atoms with van der Waals surface area (Å²) in [5.41, 5.74) is 0. The molecule has 4 nitrogen and oxygen atoms in total. The number of hydrogen-bond acceptors (Lipinski definition) is 2. The summed E-state index contributed by atoms with van der Waals surface area (Å²) in [6.07, 6.45) is 1.52. The molecule has 2 N–H and O–H groups in total. The molecule has 0 saturated heterocycles. The van der Waals surface area contributed by atoms with E-state index < -0.39 is 12.0 Å². The van der Waals surface area contributed by atoms with E-state index in [0.29, 0.717) is 0 Å². The number of carbonyl (C=O) groups is 2. The minimum absolute atomic E-state index is 0.0152. The van der Waals surface area contributed by atoms with E-state index in [0.717, 1.165) is 12.8 Å². The zero-order chi connectivity index (χ0) is 10.4. The first-order valence-corrected chi connectivity index (χ1v) is 4.52. The number of carboxylic acid groups (broad SMARTS) is 1. The van der Waals surface area contributed by atoms with Crippen LogP contribution in [-0.2, 0) is 9.59 Å². The minimum atomic E-state index is -0.955. The van der Waals surface area contributed by atoms with Gasteiger partial charge < -0.3 is 10.4 Å². The molecule has 76 valence electrons. The molecule has 0 radical (unpaired) electrons. The molecule has 0 rings (SSSR count). The number of rotatable bonds is 5. The minimum Gasteiger partial charge on any atom is -0.480 e. The molecule has 0 saturated carbocycles. The Labute approximate surface area is 78.3 Å². The van der Waals surface area contributed by atoms with Crippen molar-refractivity contribution >= 4 is 11.9 Å². The van der Waals surface area contributed by atoms with Crippen molar-refractivity contribution in [2.75, 3.05) is 0 Å². The van der Waals surface area contributed by atoms with Gasteiger partial charge in [0, 0.05) is 6.92 Å². The monoisotopic (exact) mass is 187 g/mol. The van der Waals surface area contributed by atoms with Gasteiger partial charge in [0.15, 0.2) is 0 Å². The van der Waals surface area contributed by atoms with E-state index in [4.69, 9.17) is 5.11 Å². The number of amides is 1. The van der Waals surface area contributed by atoms with Gasteiger partial charge in [-0.15, -0.1) is 0 Å². The molecule has 0 fully saturated rings. The van der Waals surface area contributed by atoms with Gasteiger partial charge in [0.2, 0.25) is 5.91 Å². The van der Waals surface area contributed by atoms with Crippen LogP contribution in [0.4, 0.5) is 0 Å². The summed E-state index contributed by atoms with van der Waals surface area (Å²) in [5.74, 6) is -1.23. The average molecular weight is 187 g/mol. The zero-order valence-corrected chi connectivity index (χ0v) is 8.33. The Morgan fingerprint density at radius 1 is 1.31 bits per heavy atom. The van der Waals surface area contributed by atoms with E-state index in [1.54, 1.807) is 0 Å². The molecule has 1 amide bonds. The Kier molecular flexibility index (Phi) is 5.11. The highest BCUT2D eigenvalue weighted by Gasteiger charge is 2.25. The van der Waals surface area contributed by atoms with Crippen LogP contribution >= 0.6 is 0 Å². The van der Waals surface area contributed by atoms with Gasteiger partial charge >= 0.3 is 5.97 Å². The molecule has 1 atom stereocenters. The van der Waals surface area contributed by atoms with Gasteiger partial charge in [-0.3, -0.25) is 4.79 Å². The second kappa shape index (κ2) is 5.56. The van der Waals surface area contributed by atoms with Crippen LogP contribution in [0.15, 0.2) is 0 Å². The lowest BCUT2D eigenvalue weighted by Gasteiger charge is -2.21. The zero-order valence-electron chi connectivity index (χ0n) is 8.33. The molecule has 0 spiro atoms. The van der Waals surface area contributed by atoms with Gasteiger partial charge in [0.1, 0.15) is 6.04 Å². The van der Waals surface area contributed by atoms with Gasteiger partial charge in [-0.25, -0.2) is 4.79 Å². The smallest absolute Gasteiger partial charge is 0.326 e. The van der Waals surface area contributed by atoms with Gasteiger partial charge in [-0.2, -0.15) is 0 Å². The van der Waals surface area contributed by atoms with Crippen molar-refractivity contribution in [2.24, 2.45) is 5.92 Å². The maximum absolute atomic E-state index is 10.8. The van der Waals surface area contributed by atoms with Crippen LogP contribution in [0.3, 0.4) is 0 Å². The molecule has 0 aromatic heterocycles. The fourth-order valence-electron chi connectivity index (χ4n) is 1.36.